The zero-order valence-corrected chi connectivity index (χ0v) is 47.3. The topological polar surface area (TPSA) is 231 Å². The minimum atomic E-state index is -0.997. The molecule has 0 aliphatic carbocycles. The Kier molecular flexibility index (Phi) is 18.1. The highest BCUT2D eigenvalue weighted by atomic mass is 16.5. The molecular formula is C64H70N6O12. The summed E-state index contributed by atoms with van der Waals surface area (Å²) in [6.45, 7) is 10.1. The molecule has 2 N–H and O–H groups in total. The Balaban J connectivity index is 0.718. The van der Waals surface area contributed by atoms with Crippen LogP contribution in [-0.2, 0) is 30.4 Å². The lowest BCUT2D eigenvalue weighted by atomic mass is 9.89. The van der Waals surface area contributed by atoms with Gasteiger partial charge in [-0.2, -0.15) is 0 Å². The minimum Gasteiger partial charge on any atom is -0.493 e. The predicted octanol–water partition coefficient (Wildman–Crippen LogP) is 9.69. The van der Waals surface area contributed by atoms with Crippen molar-refractivity contribution in [2.45, 2.75) is 123 Å². The fourth-order valence-electron chi connectivity index (χ4n) is 11.0. The Morgan fingerprint density at radius 3 is 1.85 bits per heavy atom. The smallest absolute Gasteiger partial charge is 0.335 e. The number of ether oxygens (including phenoxy) is 3. The Hall–Kier alpha value is -8.54. The molecule has 82 heavy (non-hydrogen) atoms. The van der Waals surface area contributed by atoms with Gasteiger partial charge in [0.1, 0.15) is 11.5 Å². The van der Waals surface area contributed by atoms with Crippen molar-refractivity contribution in [2.24, 2.45) is 27.7 Å². The van der Waals surface area contributed by atoms with Crippen LogP contribution >= 0.6 is 0 Å². The lowest BCUT2D eigenvalue weighted by Crippen LogP contribution is -2.45. The number of aryl methyl sites for hydroxylation is 2. The summed E-state index contributed by atoms with van der Waals surface area (Å²) in [4.78, 5) is 117. The van der Waals surface area contributed by atoms with Gasteiger partial charge in [-0.05, 0) is 89.8 Å². The van der Waals surface area contributed by atoms with Gasteiger partial charge in [-0.25, -0.2) is 4.79 Å². The number of hydrogen-bond acceptors (Lipinski definition) is 13. The van der Waals surface area contributed by atoms with E-state index in [0.29, 0.717) is 97.8 Å². The van der Waals surface area contributed by atoms with E-state index in [4.69, 9.17) is 24.2 Å². The van der Waals surface area contributed by atoms with Crippen molar-refractivity contribution < 1.29 is 57.7 Å². The quantitative estimate of drug-likeness (QED) is 0.0467. The molecule has 18 heteroatoms. The van der Waals surface area contributed by atoms with E-state index >= 15 is 0 Å². The third-order valence-electron chi connectivity index (χ3n) is 15.9. The summed E-state index contributed by atoms with van der Waals surface area (Å²) in [5, 5.41) is 12.2. The van der Waals surface area contributed by atoms with Gasteiger partial charge in [0.05, 0.1) is 66.5 Å². The molecule has 0 aromatic heterocycles. The van der Waals surface area contributed by atoms with Crippen molar-refractivity contribution in [3.8, 4) is 17.2 Å². The van der Waals surface area contributed by atoms with Gasteiger partial charge in [0, 0.05) is 100 Å². The number of hydrogen-bond donors (Lipinski definition) is 2. The third kappa shape index (κ3) is 13.1. The van der Waals surface area contributed by atoms with Gasteiger partial charge in [0.15, 0.2) is 17.3 Å². The van der Waals surface area contributed by atoms with Gasteiger partial charge in [0.25, 0.3) is 11.8 Å². The van der Waals surface area contributed by atoms with Crippen molar-refractivity contribution in [2.75, 3.05) is 26.9 Å². The number of amides is 5. The summed E-state index contributed by atoms with van der Waals surface area (Å²) < 4.78 is 18.0. The summed E-state index contributed by atoms with van der Waals surface area (Å²) in [5.41, 5.74) is 7.42. The third-order valence-corrected chi connectivity index (χ3v) is 15.9. The van der Waals surface area contributed by atoms with Crippen molar-refractivity contribution in [3.05, 3.63) is 124 Å². The molecule has 0 bridgehead atoms. The molecule has 5 aliphatic heterocycles. The first kappa shape index (κ1) is 58.1. The highest BCUT2D eigenvalue weighted by Gasteiger charge is 2.37. The second-order valence-electron chi connectivity index (χ2n) is 22.2. The van der Waals surface area contributed by atoms with Gasteiger partial charge in [-0.1, -0.05) is 70.5 Å². The van der Waals surface area contributed by atoms with Crippen LogP contribution in [0.3, 0.4) is 0 Å². The van der Waals surface area contributed by atoms with Crippen LogP contribution in [0.15, 0.2) is 95.2 Å². The summed E-state index contributed by atoms with van der Waals surface area (Å²) in [6, 6.07) is 20.2. The van der Waals surface area contributed by atoms with Crippen molar-refractivity contribution in [3.63, 3.8) is 0 Å². The Morgan fingerprint density at radius 2 is 1.28 bits per heavy atom. The Bertz CT molecular complexity index is 3310. The van der Waals surface area contributed by atoms with Crippen molar-refractivity contribution >= 4 is 82.0 Å². The van der Waals surface area contributed by atoms with Crippen molar-refractivity contribution in [1.82, 2.24) is 20.0 Å². The van der Waals surface area contributed by atoms with Crippen LogP contribution in [0, 0.1) is 24.7 Å². The van der Waals surface area contributed by atoms with Gasteiger partial charge in [-0.3, -0.25) is 48.4 Å². The number of carboxylic acid groups (broad SMARTS) is 1. The lowest BCUT2D eigenvalue weighted by molar-refractivity contribution is -0.139. The van der Waals surface area contributed by atoms with Crippen LogP contribution in [0.5, 0.6) is 17.2 Å². The van der Waals surface area contributed by atoms with Gasteiger partial charge in [0.2, 0.25) is 17.7 Å². The zero-order valence-electron chi connectivity index (χ0n) is 47.3. The lowest BCUT2D eigenvalue weighted by Gasteiger charge is -2.22. The minimum absolute atomic E-state index is 0.0237. The molecular weight excluding hydrogens is 1040 g/mol. The molecule has 5 amide bonds. The van der Waals surface area contributed by atoms with E-state index in [1.54, 1.807) is 84.6 Å². The molecule has 0 spiro atoms. The van der Waals surface area contributed by atoms with Crippen LogP contribution in [-0.4, -0.2) is 124 Å². The first-order chi connectivity index (χ1) is 39.4. The number of carbonyl (C=O) groups excluding carboxylic acids is 7. The number of Topliss-reactive ketones (excluding diaryl/α,β-unsaturated/α-hetero) is 2. The number of imide groups is 1. The molecule has 3 unspecified atom stereocenters. The summed E-state index contributed by atoms with van der Waals surface area (Å²) in [7, 11) is 1.52. The normalized spacial score (nSPS) is 18.7. The number of carboxylic acids is 1. The number of aliphatic imine (C=N–C) groups is 2. The first-order valence-corrected chi connectivity index (χ1v) is 28.3. The standard InChI is InChI=1S/C64H70N6O12/c1-37(2)60(67-58(73)11-8-7-9-22-68-59(74)27-40(5)61(68)75)54(72)26-38(3)53(71)21-14-41-12-15-42(16-13-41)45-28-48-34-66-52-32-57(56(80-6)30-50(52)63(77)70(48)35-45)82-24-10-23-81-55-31-51-49(25-39(55)4)62(76)69-36-46(29-47(69)33-65-51)43-17-19-44(20-18-43)64(78)79/h12-13,15-20,25,30-38,40,47-48,60H,7-11,14,21-24,26-29H2,1-6H3,(H,67,73)(H,78,79)/t38?,40?,47-,48-,60?/m0/s1. The average Bonchev–Trinajstić information content (AvgIpc) is 4.34. The van der Waals surface area contributed by atoms with Crippen LogP contribution in [0.4, 0.5) is 11.4 Å². The Labute approximate surface area is 477 Å². The van der Waals surface area contributed by atoms with E-state index in [-0.39, 0.29) is 103 Å². The number of benzene rings is 4. The van der Waals surface area contributed by atoms with E-state index in [1.807, 2.05) is 57.4 Å². The average molecular weight is 1120 g/mol. The second kappa shape index (κ2) is 25.5. The zero-order chi connectivity index (χ0) is 58.4. The van der Waals surface area contributed by atoms with Crippen LogP contribution in [0.2, 0.25) is 0 Å². The molecule has 5 aliphatic rings. The fraction of sp³-hybridized carbons (Fsp3) is 0.406. The number of fused-ring (bicyclic) bond motifs is 4. The molecule has 9 rings (SSSR count). The summed E-state index contributed by atoms with van der Waals surface area (Å²) >= 11 is 0. The highest BCUT2D eigenvalue weighted by molar-refractivity contribution is 6.07. The maximum Gasteiger partial charge on any atom is 0.335 e. The Morgan fingerprint density at radius 1 is 0.695 bits per heavy atom. The molecule has 0 radical (unpaired) electrons. The van der Waals surface area contributed by atoms with E-state index in [9.17, 15) is 43.5 Å². The number of nitrogens with zero attached hydrogens (tertiary/aromatic N) is 5. The number of ketones is 2. The number of aromatic carboxylic acids is 1. The monoisotopic (exact) mass is 1110 g/mol. The molecule has 0 saturated carbocycles. The molecule has 4 aromatic carbocycles. The van der Waals surface area contributed by atoms with Gasteiger partial charge in [-0.15, -0.1) is 0 Å². The molecule has 4 aromatic rings. The number of methoxy groups -OCH3 is 1. The van der Waals surface area contributed by atoms with E-state index in [2.05, 4.69) is 5.32 Å². The van der Waals surface area contributed by atoms with E-state index < -0.39 is 17.9 Å². The van der Waals surface area contributed by atoms with E-state index in [0.717, 1.165) is 33.4 Å². The van der Waals surface area contributed by atoms with Crippen LogP contribution < -0.4 is 19.5 Å². The summed E-state index contributed by atoms with van der Waals surface area (Å²) in [5.74, 6) is -1.69. The number of carbonyl (C=O) groups is 8. The van der Waals surface area contributed by atoms with Gasteiger partial charge < -0.3 is 34.4 Å². The van der Waals surface area contributed by atoms with Gasteiger partial charge >= 0.3 is 5.97 Å². The highest BCUT2D eigenvalue weighted by Crippen LogP contribution is 2.41. The second-order valence-corrected chi connectivity index (χ2v) is 22.2. The largest absolute Gasteiger partial charge is 0.493 e. The number of nitrogens with one attached hydrogen (secondary N) is 1. The molecule has 5 heterocycles. The maximum absolute atomic E-state index is 14.1. The van der Waals surface area contributed by atoms with E-state index in [1.165, 1.54) is 12.0 Å². The maximum atomic E-state index is 14.1. The molecule has 5 atom stereocenters. The SMILES string of the molecule is COc1cc2c(cc1OCCCOc1cc3c(cc1C)C(=O)N1C=C(c4ccc(C(=O)O)cc4)C[C@H]1C=N3)N=C[C@@H]1CC(c3ccc(CCC(=O)C(C)CC(=O)C(NC(=O)CCCCCN4C(=O)CC(C)C4=O)C(C)C)cc3)=CN1C2=O. The number of unbranched alkanes of at least 4 members (excludes halogenated alkanes) is 2. The number of rotatable bonds is 25. The van der Waals surface area contributed by atoms with Crippen LogP contribution in [0.1, 0.15) is 145 Å². The first-order valence-electron chi connectivity index (χ1n) is 28.3. The molecule has 428 valence electrons. The molecule has 1 saturated heterocycles. The predicted molar refractivity (Wildman–Crippen MR) is 309 cm³/mol. The fourth-order valence-corrected chi connectivity index (χ4v) is 11.0. The molecule has 18 nitrogen and oxygen atoms in total. The molecule has 1 fully saturated rings. The van der Waals surface area contributed by atoms with Crippen molar-refractivity contribution in [1.29, 1.82) is 0 Å². The number of likely N-dealkylation sites (tertiary alicyclic amines) is 1. The summed E-state index contributed by atoms with van der Waals surface area (Å²) in [6.07, 6.45) is 11.9. The van der Waals surface area contributed by atoms with Crippen LogP contribution in [0.25, 0.3) is 11.1 Å².